The van der Waals surface area contributed by atoms with Gasteiger partial charge in [0.25, 0.3) is 0 Å². The minimum absolute atomic E-state index is 0. The molecule has 0 aliphatic heterocycles. The summed E-state index contributed by atoms with van der Waals surface area (Å²) >= 11 is 0. The van der Waals surface area contributed by atoms with Crippen LogP contribution in [-0.2, 0) is 17.9 Å². The van der Waals surface area contributed by atoms with Crippen molar-refractivity contribution in [2.24, 2.45) is 0 Å². The summed E-state index contributed by atoms with van der Waals surface area (Å²) < 4.78 is 26.1. The van der Waals surface area contributed by atoms with Crippen LogP contribution in [0.25, 0.3) is 33.3 Å². The molecule has 0 unspecified atom stereocenters. The zero-order valence-corrected chi connectivity index (χ0v) is 24.9. The van der Waals surface area contributed by atoms with E-state index in [0.717, 1.165) is 38.6 Å². The third-order valence-corrected chi connectivity index (χ3v) is 7.70. The van der Waals surface area contributed by atoms with Gasteiger partial charge in [0.05, 0.1) is 12.6 Å². The maximum absolute atomic E-state index is 11.9. The number of benzene rings is 4. The molecule has 0 bridgehead atoms. The van der Waals surface area contributed by atoms with Gasteiger partial charge in [0, 0.05) is 28.4 Å². The Balaban J connectivity index is 0.00000400. The number of carbonyl (C=O) groups is 1. The van der Waals surface area contributed by atoms with Gasteiger partial charge in [-0.25, -0.2) is 9.78 Å². The van der Waals surface area contributed by atoms with Crippen LogP contribution in [0, 0.1) is 6.92 Å². The van der Waals surface area contributed by atoms with E-state index in [1.165, 1.54) is 0 Å². The molecule has 4 aromatic carbocycles. The summed E-state index contributed by atoms with van der Waals surface area (Å²) in [5.74, 6) is 2.09. The van der Waals surface area contributed by atoms with Gasteiger partial charge < -0.3 is 28.3 Å². The second-order valence-electron chi connectivity index (χ2n) is 10.6. The predicted molar refractivity (Wildman–Crippen MR) is 177 cm³/mol. The summed E-state index contributed by atoms with van der Waals surface area (Å²) in [4.78, 5) is 16.5. The number of hydrogen-bond acceptors (Lipinski definition) is 6. The summed E-state index contributed by atoms with van der Waals surface area (Å²) in [5, 5.41) is 11.6. The van der Waals surface area contributed by atoms with Crippen molar-refractivity contribution in [3.8, 4) is 28.7 Å². The van der Waals surface area contributed by atoms with Crippen molar-refractivity contribution in [2.45, 2.75) is 45.9 Å². The Hall–Kier alpha value is -4.24. The molecule has 0 aliphatic rings. The number of ether oxygens (including phenoxy) is 3. The van der Waals surface area contributed by atoms with E-state index in [9.17, 15) is 9.90 Å². The van der Waals surface area contributed by atoms with Gasteiger partial charge in [-0.05, 0) is 61.4 Å². The zero-order chi connectivity index (χ0) is 30.6. The Kier molecular flexibility index (Phi) is 10.2. The molecule has 45 heavy (non-hydrogen) atoms. The molecule has 0 amide bonds. The van der Waals surface area contributed by atoms with Crippen molar-refractivity contribution in [3.05, 3.63) is 108 Å². The molecular formula is C36H35N2NaO6. The van der Waals surface area contributed by atoms with E-state index in [0.29, 0.717) is 48.3 Å². The number of oxazole rings is 1. The van der Waals surface area contributed by atoms with Crippen LogP contribution in [0.4, 0.5) is 0 Å². The van der Waals surface area contributed by atoms with Crippen LogP contribution in [0.15, 0.2) is 95.4 Å². The number of aryl methyl sites for hydroxylation is 1. The number of carboxylic acid groups (broad SMARTS) is 1. The van der Waals surface area contributed by atoms with Crippen LogP contribution in [0.2, 0.25) is 0 Å². The number of methoxy groups -OCH3 is 1. The van der Waals surface area contributed by atoms with Crippen LogP contribution >= 0.6 is 0 Å². The van der Waals surface area contributed by atoms with Gasteiger partial charge in [-0.3, -0.25) is 0 Å². The van der Waals surface area contributed by atoms with E-state index in [2.05, 4.69) is 15.6 Å². The van der Waals surface area contributed by atoms with Crippen LogP contribution < -0.4 is 14.2 Å². The molecular weight excluding hydrogens is 579 g/mol. The van der Waals surface area contributed by atoms with Crippen molar-refractivity contribution in [3.63, 3.8) is 0 Å². The first-order chi connectivity index (χ1) is 21.5. The molecule has 1 N–H and O–H groups in total. The summed E-state index contributed by atoms with van der Waals surface area (Å²) in [5.41, 5.74) is 4.63. The topological polar surface area (TPSA) is 96.0 Å². The van der Waals surface area contributed by atoms with Gasteiger partial charge in [-0.1, -0.05) is 61.9 Å². The van der Waals surface area contributed by atoms with Crippen LogP contribution in [0.1, 0.15) is 36.8 Å². The van der Waals surface area contributed by atoms with Crippen LogP contribution in [0.5, 0.6) is 17.2 Å². The summed E-state index contributed by atoms with van der Waals surface area (Å²) in [6.45, 7) is 4.63. The average Bonchev–Trinajstić information content (AvgIpc) is 3.58. The Bertz CT molecular complexity index is 1930. The fraction of sp³-hybridized carbons (Fsp3) is 0.222. The van der Waals surface area contributed by atoms with E-state index >= 15 is 0 Å². The third-order valence-electron chi connectivity index (χ3n) is 7.70. The number of nitrogens with zero attached hydrogens (tertiary/aromatic N) is 2. The Labute approximate surface area is 283 Å². The molecule has 9 heteroatoms. The SMILES string of the molecule is CCC[C@H](Oc1cccc2c1c1ccccc1n2Cc1ccc(OCc2nc(-c3ccccc3)oc2C)c(OC)c1)C(=O)O.[NaH]. The standard InChI is InChI=1S/C36H34N2O6.Na.H/c1-4-11-32(36(39)40)44-31-17-10-16-29-34(31)26-14-8-9-15-28(26)38(29)21-24-18-19-30(33(20-24)41-3)42-22-27-23(2)43-35(37-27)25-12-6-5-7-13-25;;/h5-10,12-20,32H,4,11,21-22H2,1-3H3,(H,39,40);;/t32-;;/m0../s1. The first-order valence-electron chi connectivity index (χ1n) is 14.7. The summed E-state index contributed by atoms with van der Waals surface area (Å²) in [6.07, 6.45) is 0.238. The predicted octanol–water partition coefficient (Wildman–Crippen LogP) is 7.38. The summed E-state index contributed by atoms with van der Waals surface area (Å²) in [7, 11) is 1.63. The van der Waals surface area contributed by atoms with Crippen molar-refractivity contribution in [2.75, 3.05) is 7.11 Å². The Morgan fingerprint density at radius 2 is 1.69 bits per heavy atom. The molecule has 0 saturated heterocycles. The van der Waals surface area contributed by atoms with E-state index < -0.39 is 12.1 Å². The molecule has 2 aromatic heterocycles. The van der Waals surface area contributed by atoms with Gasteiger partial charge in [0.15, 0.2) is 17.6 Å². The fourth-order valence-electron chi connectivity index (χ4n) is 5.51. The second-order valence-corrected chi connectivity index (χ2v) is 10.6. The first kappa shape index (κ1) is 32.2. The number of rotatable bonds is 12. The van der Waals surface area contributed by atoms with Crippen molar-refractivity contribution in [1.29, 1.82) is 0 Å². The molecule has 8 nitrogen and oxygen atoms in total. The fourth-order valence-corrected chi connectivity index (χ4v) is 5.51. The number of para-hydroxylation sites is 1. The molecule has 0 aliphatic carbocycles. The summed E-state index contributed by atoms with van der Waals surface area (Å²) in [6, 6.07) is 29.6. The molecule has 0 spiro atoms. The monoisotopic (exact) mass is 614 g/mol. The van der Waals surface area contributed by atoms with E-state index in [-0.39, 0.29) is 36.2 Å². The van der Waals surface area contributed by atoms with Gasteiger partial charge in [-0.2, -0.15) is 0 Å². The molecule has 0 radical (unpaired) electrons. The second kappa shape index (κ2) is 14.2. The van der Waals surface area contributed by atoms with Crippen molar-refractivity contribution < 1.29 is 28.5 Å². The number of carboxylic acids is 1. The third kappa shape index (κ3) is 6.73. The first-order valence-corrected chi connectivity index (χ1v) is 14.7. The quantitative estimate of drug-likeness (QED) is 0.144. The minimum atomic E-state index is -0.961. The molecule has 2 heterocycles. The molecule has 226 valence electrons. The van der Waals surface area contributed by atoms with Gasteiger partial charge in [0.1, 0.15) is 23.8 Å². The Morgan fingerprint density at radius 3 is 2.44 bits per heavy atom. The van der Waals surface area contributed by atoms with Gasteiger partial charge >= 0.3 is 35.5 Å². The average molecular weight is 615 g/mol. The van der Waals surface area contributed by atoms with Gasteiger partial charge in [0.2, 0.25) is 5.89 Å². The van der Waals surface area contributed by atoms with E-state index in [4.69, 9.17) is 18.6 Å². The number of aliphatic carboxylic acids is 1. The van der Waals surface area contributed by atoms with Gasteiger partial charge in [-0.15, -0.1) is 0 Å². The molecule has 1 atom stereocenters. The van der Waals surface area contributed by atoms with E-state index in [1.807, 2.05) is 98.8 Å². The number of aromatic nitrogens is 2. The number of fused-ring (bicyclic) bond motifs is 3. The Morgan fingerprint density at radius 1 is 0.933 bits per heavy atom. The van der Waals surface area contributed by atoms with E-state index in [1.54, 1.807) is 7.11 Å². The van der Waals surface area contributed by atoms with Crippen LogP contribution in [0.3, 0.4) is 0 Å². The van der Waals surface area contributed by atoms with Crippen molar-refractivity contribution >= 4 is 57.3 Å². The maximum atomic E-state index is 11.9. The molecule has 0 saturated carbocycles. The normalized spacial score (nSPS) is 11.7. The van der Waals surface area contributed by atoms with Crippen molar-refractivity contribution in [1.82, 2.24) is 9.55 Å². The molecule has 0 fully saturated rings. The molecule has 6 aromatic rings. The van der Waals surface area contributed by atoms with Crippen LogP contribution in [-0.4, -0.2) is 63.4 Å². The number of hydrogen-bond donors (Lipinski definition) is 1. The zero-order valence-electron chi connectivity index (χ0n) is 24.9. The molecule has 6 rings (SSSR count).